The average molecular weight is 387 g/mol. The fourth-order valence-corrected chi connectivity index (χ4v) is 3.94. The van der Waals surface area contributed by atoms with Gasteiger partial charge >= 0.3 is 12.0 Å². The summed E-state index contributed by atoms with van der Waals surface area (Å²) in [6, 6.07) is 0.951. The van der Waals surface area contributed by atoms with Crippen LogP contribution in [0.5, 0.6) is 0 Å². The van der Waals surface area contributed by atoms with E-state index in [2.05, 4.69) is 25.2 Å². The van der Waals surface area contributed by atoms with Gasteiger partial charge in [0.05, 0.1) is 12.9 Å². The Morgan fingerprint density at radius 1 is 1.31 bits per heavy atom. The molecule has 0 unspecified atom stereocenters. The first-order valence-electron chi connectivity index (χ1n) is 8.53. The number of rotatable bonds is 8. The summed E-state index contributed by atoms with van der Waals surface area (Å²) in [5.74, 6) is -0.400. The van der Waals surface area contributed by atoms with Gasteiger partial charge in [0.15, 0.2) is 5.82 Å². The van der Waals surface area contributed by atoms with Gasteiger partial charge in [-0.3, -0.25) is 14.8 Å². The molecular weight excluding hydrogens is 362 g/mol. The van der Waals surface area contributed by atoms with Gasteiger partial charge in [-0.2, -0.15) is 5.10 Å². The van der Waals surface area contributed by atoms with Crippen molar-refractivity contribution >= 4 is 27.8 Å². The maximum absolute atomic E-state index is 12.0. The number of carbonyl (C=O) groups is 2. The molecule has 0 bridgehead atoms. The number of esters is 1. The lowest BCUT2D eigenvalue weighted by Gasteiger charge is -2.22. The molecule has 0 spiro atoms. The van der Waals surface area contributed by atoms with E-state index in [0.717, 1.165) is 32.1 Å². The van der Waals surface area contributed by atoms with E-state index < -0.39 is 22.0 Å². The predicted molar refractivity (Wildman–Crippen MR) is 95.1 cm³/mol. The molecule has 1 aliphatic carbocycles. The maximum Gasteiger partial charge on any atom is 0.327 e. The predicted octanol–water partition coefficient (Wildman–Crippen LogP) is 0.430. The Labute approximate surface area is 152 Å². The minimum atomic E-state index is -3.43. The number of hydrogen-bond donors (Lipinski definition) is 3. The molecule has 0 aromatic carbocycles. The lowest BCUT2D eigenvalue weighted by Crippen LogP contribution is -2.41. The van der Waals surface area contributed by atoms with E-state index in [-0.39, 0.29) is 30.7 Å². The molecule has 0 aliphatic heterocycles. The first-order valence-corrected chi connectivity index (χ1v) is 10.2. The van der Waals surface area contributed by atoms with Crippen LogP contribution in [0.4, 0.5) is 10.6 Å². The monoisotopic (exact) mass is 387 g/mol. The molecule has 2 rings (SSSR count). The van der Waals surface area contributed by atoms with Crippen molar-refractivity contribution in [1.29, 1.82) is 0 Å². The topological polar surface area (TPSA) is 131 Å². The van der Waals surface area contributed by atoms with Crippen molar-refractivity contribution in [3.63, 3.8) is 0 Å². The quantitative estimate of drug-likeness (QED) is 0.554. The summed E-state index contributed by atoms with van der Waals surface area (Å²) in [5.41, 5.74) is 0. The van der Waals surface area contributed by atoms with Gasteiger partial charge < -0.3 is 10.1 Å². The van der Waals surface area contributed by atoms with Crippen molar-refractivity contribution in [1.82, 2.24) is 19.8 Å². The highest BCUT2D eigenvalue weighted by Gasteiger charge is 2.20. The molecular formula is C15H25N5O5S. The van der Waals surface area contributed by atoms with E-state index in [9.17, 15) is 18.0 Å². The number of carbonyl (C=O) groups excluding carboxylic acids is 2. The molecule has 11 heteroatoms. The molecule has 1 heterocycles. The average Bonchev–Trinajstić information content (AvgIpc) is 3.01. The molecule has 1 saturated carbocycles. The van der Waals surface area contributed by atoms with Crippen molar-refractivity contribution in [3.05, 3.63) is 12.3 Å². The van der Waals surface area contributed by atoms with E-state index in [4.69, 9.17) is 0 Å². The normalized spacial score (nSPS) is 15.4. The van der Waals surface area contributed by atoms with Crippen LogP contribution in [0.3, 0.4) is 0 Å². The second-order valence-corrected chi connectivity index (χ2v) is 8.00. The molecule has 0 saturated heterocycles. The smallest absolute Gasteiger partial charge is 0.327 e. The molecule has 1 aromatic rings. The third kappa shape index (κ3) is 7.00. The van der Waals surface area contributed by atoms with E-state index in [1.165, 1.54) is 24.1 Å². The summed E-state index contributed by atoms with van der Waals surface area (Å²) in [4.78, 5) is 22.9. The maximum atomic E-state index is 12.0. The van der Waals surface area contributed by atoms with Gasteiger partial charge in [0.1, 0.15) is 6.54 Å². The highest BCUT2D eigenvalue weighted by Crippen LogP contribution is 2.17. The molecule has 0 radical (unpaired) electrons. The van der Waals surface area contributed by atoms with Gasteiger partial charge in [0.25, 0.3) is 0 Å². The van der Waals surface area contributed by atoms with E-state index >= 15 is 0 Å². The second kappa shape index (κ2) is 9.53. The largest absolute Gasteiger partial charge is 0.468 e. The number of ether oxygens (including phenoxy) is 1. The number of nitrogens with zero attached hydrogens (tertiary/aromatic N) is 2. The number of anilines is 1. The number of nitrogens with one attached hydrogen (secondary N) is 3. The summed E-state index contributed by atoms with van der Waals surface area (Å²) in [6.07, 6.45) is 6.47. The van der Waals surface area contributed by atoms with Crippen LogP contribution < -0.4 is 15.4 Å². The minimum Gasteiger partial charge on any atom is -0.468 e. The van der Waals surface area contributed by atoms with Crippen LogP contribution in [-0.4, -0.2) is 55.6 Å². The zero-order valence-electron chi connectivity index (χ0n) is 14.7. The third-order valence-electron chi connectivity index (χ3n) is 4.01. The van der Waals surface area contributed by atoms with Crippen molar-refractivity contribution in [2.75, 3.05) is 24.7 Å². The summed E-state index contributed by atoms with van der Waals surface area (Å²) in [7, 11) is -2.15. The highest BCUT2D eigenvalue weighted by molar-refractivity contribution is 7.89. The van der Waals surface area contributed by atoms with Crippen LogP contribution in [0, 0.1) is 0 Å². The zero-order chi connectivity index (χ0) is 19.0. The molecule has 26 heavy (non-hydrogen) atoms. The fraction of sp³-hybridized carbons (Fsp3) is 0.667. The van der Waals surface area contributed by atoms with Gasteiger partial charge in [-0.15, -0.1) is 0 Å². The zero-order valence-corrected chi connectivity index (χ0v) is 15.5. The van der Waals surface area contributed by atoms with Crippen molar-refractivity contribution in [2.24, 2.45) is 0 Å². The third-order valence-corrected chi connectivity index (χ3v) is 5.44. The fourth-order valence-electron chi connectivity index (χ4n) is 2.71. The number of urea groups is 1. The standard InChI is InChI=1S/C15H25N5O5S/c1-25-14(21)11-20-9-7-13(18-20)17-15(22)16-8-10-26(23,24)19-12-5-3-2-4-6-12/h7,9,12,19H,2-6,8,10-11H2,1H3,(H2,16,17,18,22). The molecule has 10 nitrogen and oxygen atoms in total. The SMILES string of the molecule is COC(=O)Cn1ccc(NC(=O)NCCS(=O)(=O)NC2CCCCC2)n1. The summed E-state index contributed by atoms with van der Waals surface area (Å²) in [6.45, 7) is -0.0817. The van der Waals surface area contributed by atoms with Gasteiger partial charge in [-0.05, 0) is 12.8 Å². The number of aromatic nitrogens is 2. The van der Waals surface area contributed by atoms with Gasteiger partial charge in [0.2, 0.25) is 10.0 Å². The van der Waals surface area contributed by atoms with Crippen LogP contribution in [0.1, 0.15) is 32.1 Å². The number of amides is 2. The van der Waals surface area contributed by atoms with Crippen LogP contribution in [0.15, 0.2) is 12.3 Å². The number of sulfonamides is 1. The lowest BCUT2D eigenvalue weighted by atomic mass is 9.96. The van der Waals surface area contributed by atoms with Crippen molar-refractivity contribution in [3.8, 4) is 0 Å². The highest BCUT2D eigenvalue weighted by atomic mass is 32.2. The molecule has 2 amide bonds. The second-order valence-electron chi connectivity index (χ2n) is 6.13. The van der Waals surface area contributed by atoms with Gasteiger partial charge in [-0.1, -0.05) is 19.3 Å². The molecule has 1 fully saturated rings. The molecule has 1 aromatic heterocycles. The van der Waals surface area contributed by atoms with Crippen molar-refractivity contribution in [2.45, 2.75) is 44.7 Å². The van der Waals surface area contributed by atoms with Crippen LogP contribution in [-0.2, 0) is 26.1 Å². The number of hydrogen-bond acceptors (Lipinski definition) is 6. The van der Waals surface area contributed by atoms with Crippen LogP contribution in [0.2, 0.25) is 0 Å². The van der Waals surface area contributed by atoms with Gasteiger partial charge in [0, 0.05) is 24.8 Å². The molecule has 0 atom stereocenters. The van der Waals surface area contributed by atoms with Crippen LogP contribution >= 0.6 is 0 Å². The number of methoxy groups -OCH3 is 1. The summed E-state index contributed by atoms with van der Waals surface area (Å²) in [5, 5.41) is 8.93. The first kappa shape index (κ1) is 20.2. The van der Waals surface area contributed by atoms with Gasteiger partial charge in [-0.25, -0.2) is 17.9 Å². The van der Waals surface area contributed by atoms with E-state index in [0.29, 0.717) is 0 Å². The Bertz CT molecular complexity index is 712. The lowest BCUT2D eigenvalue weighted by molar-refractivity contribution is -0.141. The molecule has 3 N–H and O–H groups in total. The Morgan fingerprint density at radius 2 is 2.04 bits per heavy atom. The summed E-state index contributed by atoms with van der Waals surface area (Å²) >= 11 is 0. The van der Waals surface area contributed by atoms with E-state index in [1.54, 1.807) is 0 Å². The van der Waals surface area contributed by atoms with E-state index in [1.807, 2.05) is 0 Å². The first-order chi connectivity index (χ1) is 12.4. The van der Waals surface area contributed by atoms with Crippen molar-refractivity contribution < 1.29 is 22.7 Å². The molecule has 1 aliphatic rings. The Balaban J connectivity index is 1.70. The Hall–Kier alpha value is -2.14. The molecule has 146 valence electrons. The minimum absolute atomic E-state index is 0.00125. The summed E-state index contributed by atoms with van der Waals surface area (Å²) < 4.78 is 32.6. The Kier molecular flexibility index (Phi) is 7.39. The van der Waals surface area contributed by atoms with Crippen LogP contribution in [0.25, 0.3) is 0 Å². The Morgan fingerprint density at radius 3 is 2.73 bits per heavy atom.